The summed E-state index contributed by atoms with van der Waals surface area (Å²) in [6, 6.07) is 6.21. The minimum Gasteiger partial charge on any atom is -0.493 e. The van der Waals surface area contributed by atoms with Gasteiger partial charge in [-0.05, 0) is 75.2 Å². The summed E-state index contributed by atoms with van der Waals surface area (Å²) < 4.78 is 12.0. The Kier molecular flexibility index (Phi) is 7.46. The fourth-order valence-corrected chi connectivity index (χ4v) is 5.34. The number of likely N-dealkylation sites (tertiary alicyclic amines) is 1. The summed E-state index contributed by atoms with van der Waals surface area (Å²) in [7, 11) is 3.58. The van der Waals surface area contributed by atoms with Crippen LogP contribution in [0.3, 0.4) is 0 Å². The van der Waals surface area contributed by atoms with E-state index in [1.54, 1.807) is 7.11 Å². The standard InChI is InChI=1S/C29H38N4O3/c1-19-4-5-22(12-19)24-15-25(31-17-21-8-11-33(2)29(34)13-21)23-14-27(35-3)28(16-26(23)32-24)36-18-20-6-9-30-10-7-20/h4-5,14-16,20-21,30H,6-13,17-18H2,1-3H3,(H,31,32). The normalized spacial score (nSPS) is 20.9. The molecule has 192 valence electrons. The summed E-state index contributed by atoms with van der Waals surface area (Å²) in [4.78, 5) is 19.1. The number of fused-ring (bicyclic) bond motifs is 1. The first-order valence-electron chi connectivity index (χ1n) is 13.2. The molecule has 1 aromatic heterocycles. The van der Waals surface area contributed by atoms with Gasteiger partial charge >= 0.3 is 0 Å². The number of nitrogens with one attached hydrogen (secondary N) is 2. The van der Waals surface area contributed by atoms with Crippen molar-refractivity contribution in [1.29, 1.82) is 0 Å². The van der Waals surface area contributed by atoms with E-state index < -0.39 is 0 Å². The number of ether oxygens (including phenoxy) is 2. The minimum atomic E-state index is 0.225. The topological polar surface area (TPSA) is 75.7 Å². The molecule has 3 heterocycles. The largest absolute Gasteiger partial charge is 0.493 e. The van der Waals surface area contributed by atoms with Gasteiger partial charge in [-0.1, -0.05) is 17.7 Å². The van der Waals surface area contributed by atoms with Crippen LogP contribution < -0.4 is 20.1 Å². The number of hydrogen-bond donors (Lipinski definition) is 2. The smallest absolute Gasteiger partial charge is 0.222 e. The Morgan fingerprint density at radius 1 is 1.11 bits per heavy atom. The molecule has 2 aromatic rings. The summed E-state index contributed by atoms with van der Waals surface area (Å²) in [5.41, 5.74) is 5.45. The highest BCUT2D eigenvalue weighted by molar-refractivity contribution is 5.95. The van der Waals surface area contributed by atoms with Crippen molar-refractivity contribution < 1.29 is 14.3 Å². The number of carbonyl (C=O) groups is 1. The summed E-state index contributed by atoms with van der Waals surface area (Å²) in [6.45, 7) is 6.51. The average Bonchev–Trinajstić information content (AvgIpc) is 3.34. The fourth-order valence-electron chi connectivity index (χ4n) is 5.34. The number of allylic oxidation sites excluding steroid dienone is 4. The molecule has 0 spiro atoms. The van der Waals surface area contributed by atoms with E-state index in [1.807, 2.05) is 24.1 Å². The lowest BCUT2D eigenvalue weighted by Gasteiger charge is -2.29. The molecule has 5 rings (SSSR count). The second-order valence-electron chi connectivity index (χ2n) is 10.5. The van der Waals surface area contributed by atoms with Crippen LogP contribution in [-0.4, -0.2) is 62.7 Å². The highest BCUT2D eigenvalue weighted by atomic mass is 16.5. The monoisotopic (exact) mass is 490 g/mol. The Bertz CT molecular complexity index is 1180. The Hall–Kier alpha value is -3.06. The van der Waals surface area contributed by atoms with E-state index in [2.05, 4.69) is 35.8 Å². The van der Waals surface area contributed by atoms with Crippen molar-refractivity contribution in [3.05, 3.63) is 41.6 Å². The molecule has 1 aliphatic carbocycles. The highest BCUT2D eigenvalue weighted by Gasteiger charge is 2.24. The number of pyridine rings is 1. The van der Waals surface area contributed by atoms with Crippen molar-refractivity contribution >= 4 is 28.1 Å². The molecule has 1 unspecified atom stereocenters. The third-order valence-corrected chi connectivity index (χ3v) is 7.74. The SMILES string of the molecule is COc1cc2c(NCC3CCN(C)C(=O)C3)cc(C3=CC=C(C)C3)nc2cc1OCC1CCNCC1. The predicted molar refractivity (Wildman–Crippen MR) is 145 cm³/mol. The molecular weight excluding hydrogens is 452 g/mol. The molecular formula is C29H38N4O3. The molecule has 36 heavy (non-hydrogen) atoms. The van der Waals surface area contributed by atoms with Crippen molar-refractivity contribution in [2.45, 2.75) is 39.0 Å². The van der Waals surface area contributed by atoms with E-state index >= 15 is 0 Å². The molecule has 1 aromatic carbocycles. The number of benzene rings is 1. The maximum absolute atomic E-state index is 12.2. The van der Waals surface area contributed by atoms with Crippen molar-refractivity contribution in [2.75, 3.05) is 52.3 Å². The molecule has 0 saturated carbocycles. The van der Waals surface area contributed by atoms with Crippen molar-refractivity contribution in [3.8, 4) is 11.5 Å². The zero-order valence-corrected chi connectivity index (χ0v) is 21.7. The van der Waals surface area contributed by atoms with Crippen LogP contribution >= 0.6 is 0 Å². The zero-order chi connectivity index (χ0) is 25.1. The van der Waals surface area contributed by atoms with Gasteiger partial charge in [-0.2, -0.15) is 0 Å². The van der Waals surface area contributed by atoms with Crippen LogP contribution in [0, 0.1) is 11.8 Å². The first-order valence-corrected chi connectivity index (χ1v) is 13.2. The van der Waals surface area contributed by atoms with Gasteiger partial charge < -0.3 is 25.0 Å². The lowest BCUT2D eigenvalue weighted by molar-refractivity contribution is -0.133. The molecule has 0 bridgehead atoms. The second kappa shape index (κ2) is 10.9. The fraction of sp³-hybridized carbons (Fsp3) is 0.517. The molecule has 1 atom stereocenters. The third kappa shape index (κ3) is 5.51. The number of nitrogens with zero attached hydrogens (tertiary/aromatic N) is 2. The summed E-state index contributed by atoms with van der Waals surface area (Å²) in [5.74, 6) is 2.57. The molecule has 2 saturated heterocycles. The van der Waals surface area contributed by atoms with Crippen LogP contribution in [0.5, 0.6) is 11.5 Å². The van der Waals surface area contributed by atoms with Crippen LogP contribution in [0.15, 0.2) is 35.9 Å². The second-order valence-corrected chi connectivity index (χ2v) is 10.5. The van der Waals surface area contributed by atoms with E-state index in [4.69, 9.17) is 14.5 Å². The van der Waals surface area contributed by atoms with Crippen molar-refractivity contribution in [2.24, 2.45) is 11.8 Å². The van der Waals surface area contributed by atoms with E-state index in [0.29, 0.717) is 24.9 Å². The van der Waals surface area contributed by atoms with Crippen LogP contribution in [0.25, 0.3) is 16.5 Å². The average molecular weight is 491 g/mol. The van der Waals surface area contributed by atoms with Crippen LogP contribution in [0.2, 0.25) is 0 Å². The van der Waals surface area contributed by atoms with Gasteiger partial charge in [-0.25, -0.2) is 4.98 Å². The van der Waals surface area contributed by atoms with Gasteiger partial charge in [0.2, 0.25) is 5.91 Å². The molecule has 1 amide bonds. The highest BCUT2D eigenvalue weighted by Crippen LogP contribution is 2.38. The molecule has 7 nitrogen and oxygen atoms in total. The Morgan fingerprint density at radius 3 is 2.67 bits per heavy atom. The molecule has 2 fully saturated rings. The van der Waals surface area contributed by atoms with Crippen LogP contribution in [0.1, 0.15) is 44.7 Å². The summed E-state index contributed by atoms with van der Waals surface area (Å²) >= 11 is 0. The minimum absolute atomic E-state index is 0.225. The number of aromatic nitrogens is 1. The molecule has 2 N–H and O–H groups in total. The third-order valence-electron chi connectivity index (χ3n) is 7.74. The summed E-state index contributed by atoms with van der Waals surface area (Å²) in [5, 5.41) is 8.09. The quantitative estimate of drug-likeness (QED) is 0.562. The van der Waals surface area contributed by atoms with Gasteiger partial charge in [0.25, 0.3) is 0 Å². The number of carbonyl (C=O) groups excluding carboxylic acids is 1. The lowest BCUT2D eigenvalue weighted by Crippen LogP contribution is -2.37. The van der Waals surface area contributed by atoms with Gasteiger partial charge in [0.05, 0.1) is 24.9 Å². The zero-order valence-electron chi connectivity index (χ0n) is 21.7. The Labute approximate surface area is 213 Å². The van der Waals surface area contributed by atoms with Crippen LogP contribution in [-0.2, 0) is 4.79 Å². The maximum Gasteiger partial charge on any atom is 0.222 e. The molecule has 7 heteroatoms. The predicted octanol–water partition coefficient (Wildman–Crippen LogP) is 4.64. The van der Waals surface area contributed by atoms with Crippen molar-refractivity contribution in [3.63, 3.8) is 0 Å². The molecule has 3 aliphatic rings. The van der Waals surface area contributed by atoms with E-state index in [-0.39, 0.29) is 5.91 Å². The molecule has 2 aliphatic heterocycles. The van der Waals surface area contributed by atoms with E-state index in [1.165, 1.54) is 11.1 Å². The van der Waals surface area contributed by atoms with Gasteiger partial charge in [-0.3, -0.25) is 4.79 Å². The number of anilines is 1. The molecule has 0 radical (unpaired) electrons. The van der Waals surface area contributed by atoms with E-state index in [0.717, 1.165) is 85.6 Å². The number of hydrogen-bond acceptors (Lipinski definition) is 6. The lowest BCUT2D eigenvalue weighted by atomic mass is 9.96. The first kappa shape index (κ1) is 24.6. The summed E-state index contributed by atoms with van der Waals surface area (Å²) in [6.07, 6.45) is 9.11. The van der Waals surface area contributed by atoms with Gasteiger partial charge in [0.15, 0.2) is 11.5 Å². The van der Waals surface area contributed by atoms with E-state index in [9.17, 15) is 4.79 Å². The number of rotatable bonds is 8. The number of methoxy groups -OCH3 is 1. The van der Waals surface area contributed by atoms with Crippen LogP contribution in [0.4, 0.5) is 5.69 Å². The van der Waals surface area contributed by atoms with Gasteiger partial charge in [0, 0.05) is 43.7 Å². The first-order chi connectivity index (χ1) is 17.5. The van der Waals surface area contributed by atoms with Gasteiger partial charge in [0.1, 0.15) is 0 Å². The van der Waals surface area contributed by atoms with Crippen molar-refractivity contribution in [1.82, 2.24) is 15.2 Å². The number of amides is 1. The van der Waals surface area contributed by atoms with Gasteiger partial charge in [-0.15, -0.1) is 0 Å². The maximum atomic E-state index is 12.2. The number of piperidine rings is 2. The Morgan fingerprint density at radius 2 is 1.94 bits per heavy atom. The Balaban J connectivity index is 1.44.